The fourth-order valence-electron chi connectivity index (χ4n) is 4.43. The van der Waals surface area contributed by atoms with Gasteiger partial charge in [0.1, 0.15) is 6.07 Å². The average Bonchev–Trinajstić information content (AvgIpc) is 2.73. The predicted molar refractivity (Wildman–Crippen MR) is 110 cm³/mol. The van der Waals surface area contributed by atoms with E-state index in [2.05, 4.69) is 36.1 Å². The van der Waals surface area contributed by atoms with Crippen LogP contribution in [-0.2, 0) is 0 Å². The molecule has 28 heavy (non-hydrogen) atoms. The molecule has 1 aliphatic carbocycles. The van der Waals surface area contributed by atoms with E-state index in [0.29, 0.717) is 12.1 Å². The van der Waals surface area contributed by atoms with E-state index < -0.39 is 11.3 Å². The minimum Gasteiger partial charge on any atom is -0.399 e. The van der Waals surface area contributed by atoms with Gasteiger partial charge in [-0.25, -0.2) is 0 Å². The molecule has 0 unspecified atom stereocenters. The topological polar surface area (TPSA) is 101 Å². The number of benzene rings is 1. The fraction of sp³-hybridized carbons (Fsp3) is 0.409. The van der Waals surface area contributed by atoms with Crippen LogP contribution < -0.4 is 5.73 Å². The van der Waals surface area contributed by atoms with Gasteiger partial charge in [-0.1, -0.05) is 25.1 Å². The van der Waals surface area contributed by atoms with E-state index in [1.54, 1.807) is 11.8 Å². The fourth-order valence-corrected chi connectivity index (χ4v) is 4.83. The second kappa shape index (κ2) is 8.11. The Morgan fingerprint density at radius 3 is 2.43 bits per heavy atom. The van der Waals surface area contributed by atoms with Gasteiger partial charge in [-0.15, -0.1) is 11.8 Å². The third-order valence-corrected chi connectivity index (χ3v) is 6.50. The molecule has 6 heteroatoms. The van der Waals surface area contributed by atoms with Crippen LogP contribution in [-0.4, -0.2) is 30.8 Å². The van der Waals surface area contributed by atoms with E-state index in [1.807, 2.05) is 30.5 Å². The second-order valence-corrected chi connectivity index (χ2v) is 8.09. The summed E-state index contributed by atoms with van der Waals surface area (Å²) in [6.07, 6.45) is 5.08. The summed E-state index contributed by atoms with van der Waals surface area (Å²) in [6.45, 7) is 4.53. The monoisotopic (exact) mass is 389 g/mol. The molecule has 0 bridgehead atoms. The van der Waals surface area contributed by atoms with Crippen LogP contribution in [0, 0.1) is 45.3 Å². The number of thioether (sulfide) groups is 1. The lowest BCUT2D eigenvalue weighted by Crippen LogP contribution is -2.48. The minimum absolute atomic E-state index is 0.0883. The maximum Gasteiger partial charge on any atom is 0.191 e. The molecule has 0 fully saturated rings. The Balaban J connectivity index is 2.23. The van der Waals surface area contributed by atoms with Crippen LogP contribution in [0.4, 0.5) is 0 Å². The zero-order valence-corrected chi connectivity index (χ0v) is 17.0. The summed E-state index contributed by atoms with van der Waals surface area (Å²) in [5.74, 6) is -0.539. The Kier molecular flexibility index (Phi) is 5.80. The van der Waals surface area contributed by atoms with Crippen molar-refractivity contribution in [3.63, 3.8) is 0 Å². The maximum atomic E-state index is 10.1. The number of rotatable bonds is 4. The number of hydrogen-bond donors (Lipinski definition) is 1. The lowest BCUT2D eigenvalue weighted by Gasteiger charge is -2.45. The molecule has 5 nitrogen and oxygen atoms in total. The first kappa shape index (κ1) is 20.0. The van der Waals surface area contributed by atoms with Crippen molar-refractivity contribution in [1.29, 1.82) is 15.8 Å². The van der Waals surface area contributed by atoms with Crippen molar-refractivity contribution in [2.45, 2.75) is 24.2 Å². The van der Waals surface area contributed by atoms with Gasteiger partial charge in [0.15, 0.2) is 5.41 Å². The summed E-state index contributed by atoms with van der Waals surface area (Å²) in [4.78, 5) is 3.43. The Labute approximate surface area is 170 Å². The van der Waals surface area contributed by atoms with Gasteiger partial charge in [-0.2, -0.15) is 15.8 Å². The molecule has 142 valence electrons. The average molecular weight is 390 g/mol. The van der Waals surface area contributed by atoms with Gasteiger partial charge < -0.3 is 5.73 Å². The van der Waals surface area contributed by atoms with Crippen molar-refractivity contribution in [3.05, 3.63) is 52.7 Å². The van der Waals surface area contributed by atoms with Crippen molar-refractivity contribution in [3.8, 4) is 18.2 Å². The third-order valence-electron chi connectivity index (χ3n) is 5.75. The molecule has 2 N–H and O–H groups in total. The standard InChI is InChI=1S/C22H23N5S/c1-3-9-27-10-8-17-18(11-23)21(26)22(13-24,14-25)20(19(17)12-27)15-4-6-16(28-2)7-5-15/h4-8,19-20H,3,9-10,12,26H2,1-2H3/t19-,20-/m0/s1. The number of hydrogen-bond acceptors (Lipinski definition) is 6. The first-order chi connectivity index (χ1) is 13.6. The largest absolute Gasteiger partial charge is 0.399 e. The molecule has 0 aromatic heterocycles. The summed E-state index contributed by atoms with van der Waals surface area (Å²) >= 11 is 1.64. The smallest absolute Gasteiger partial charge is 0.191 e. The Morgan fingerprint density at radius 2 is 1.89 bits per heavy atom. The zero-order valence-electron chi connectivity index (χ0n) is 16.1. The quantitative estimate of drug-likeness (QED) is 0.791. The highest BCUT2D eigenvalue weighted by Gasteiger charge is 2.54. The van der Waals surface area contributed by atoms with E-state index >= 15 is 0 Å². The van der Waals surface area contributed by atoms with Crippen LogP contribution in [0.15, 0.2) is 52.1 Å². The summed E-state index contributed by atoms with van der Waals surface area (Å²) in [7, 11) is 0. The van der Waals surface area contributed by atoms with Gasteiger partial charge in [-0.3, -0.25) is 4.90 Å². The predicted octanol–water partition coefficient (Wildman–Crippen LogP) is 3.54. The third kappa shape index (κ3) is 3.08. The summed E-state index contributed by atoms with van der Waals surface area (Å²) in [5, 5.41) is 29.9. The Hall–Kier alpha value is -2.72. The normalized spacial score (nSPS) is 23.8. The van der Waals surface area contributed by atoms with E-state index in [4.69, 9.17) is 5.73 Å². The van der Waals surface area contributed by atoms with Crippen molar-refractivity contribution < 1.29 is 0 Å². The van der Waals surface area contributed by atoms with Crippen molar-refractivity contribution >= 4 is 11.8 Å². The molecule has 3 rings (SSSR count). The number of fused-ring (bicyclic) bond motifs is 1. The first-order valence-corrected chi connectivity index (χ1v) is 10.6. The molecule has 0 amide bonds. The summed E-state index contributed by atoms with van der Waals surface area (Å²) < 4.78 is 0. The Morgan fingerprint density at radius 1 is 1.21 bits per heavy atom. The van der Waals surface area contributed by atoms with E-state index in [0.717, 1.165) is 35.5 Å². The second-order valence-electron chi connectivity index (χ2n) is 7.21. The molecular weight excluding hydrogens is 366 g/mol. The van der Waals surface area contributed by atoms with Crippen molar-refractivity contribution in [2.24, 2.45) is 17.1 Å². The van der Waals surface area contributed by atoms with Gasteiger partial charge in [-0.05, 0) is 42.5 Å². The SMILES string of the molecule is CCCN1CC=C2C(C#N)=C(N)C(C#N)(C#N)[C@@H](c3ccc(SC)cc3)[C@H]2C1. The number of nitrogens with zero attached hydrogens (tertiary/aromatic N) is 4. The number of nitriles is 3. The van der Waals surface area contributed by atoms with Crippen LogP contribution in [0.5, 0.6) is 0 Å². The van der Waals surface area contributed by atoms with Gasteiger partial charge >= 0.3 is 0 Å². The van der Waals surface area contributed by atoms with Gasteiger partial charge in [0.2, 0.25) is 0 Å². The molecule has 1 aromatic carbocycles. The zero-order chi connectivity index (χ0) is 20.3. The Bertz CT molecular complexity index is 925. The molecule has 0 spiro atoms. The van der Waals surface area contributed by atoms with Crippen LogP contribution in [0.2, 0.25) is 0 Å². The van der Waals surface area contributed by atoms with Crippen LogP contribution in [0.1, 0.15) is 24.8 Å². The molecule has 2 aliphatic rings. The van der Waals surface area contributed by atoms with Crippen LogP contribution in [0.25, 0.3) is 0 Å². The molecule has 2 atom stereocenters. The molecule has 1 aromatic rings. The lowest BCUT2D eigenvalue weighted by molar-refractivity contribution is 0.207. The maximum absolute atomic E-state index is 10.1. The highest BCUT2D eigenvalue weighted by Crippen LogP contribution is 2.54. The van der Waals surface area contributed by atoms with Gasteiger partial charge in [0.05, 0.1) is 23.4 Å². The van der Waals surface area contributed by atoms with Crippen LogP contribution >= 0.6 is 11.8 Å². The van der Waals surface area contributed by atoms with E-state index in [9.17, 15) is 15.8 Å². The van der Waals surface area contributed by atoms with Gasteiger partial charge in [0.25, 0.3) is 0 Å². The van der Waals surface area contributed by atoms with E-state index in [-0.39, 0.29) is 11.6 Å². The van der Waals surface area contributed by atoms with Crippen LogP contribution in [0.3, 0.4) is 0 Å². The van der Waals surface area contributed by atoms with Gasteiger partial charge in [0, 0.05) is 29.8 Å². The molecule has 1 heterocycles. The number of allylic oxidation sites excluding steroid dienone is 2. The molecule has 0 saturated carbocycles. The first-order valence-electron chi connectivity index (χ1n) is 9.35. The molecular formula is C22H23N5S. The molecule has 0 saturated heterocycles. The summed E-state index contributed by atoms with van der Waals surface area (Å²) in [5.41, 5.74) is 6.96. The summed E-state index contributed by atoms with van der Waals surface area (Å²) in [6, 6.07) is 14.6. The van der Waals surface area contributed by atoms with Crippen molar-refractivity contribution in [2.75, 3.05) is 25.9 Å². The minimum atomic E-state index is -1.55. The van der Waals surface area contributed by atoms with E-state index in [1.165, 1.54) is 0 Å². The number of nitrogens with two attached hydrogens (primary N) is 1. The highest BCUT2D eigenvalue weighted by atomic mass is 32.2. The highest BCUT2D eigenvalue weighted by molar-refractivity contribution is 7.98. The molecule has 0 radical (unpaired) electrons. The lowest BCUT2D eigenvalue weighted by atomic mass is 9.58. The van der Waals surface area contributed by atoms with Crippen molar-refractivity contribution in [1.82, 2.24) is 4.90 Å². The molecule has 1 aliphatic heterocycles.